The van der Waals surface area contributed by atoms with Crippen LogP contribution in [0, 0.1) is 0 Å². The Hall–Kier alpha value is -2.34. The number of thiazole rings is 1. The normalized spacial score (nSPS) is 12.2. The van der Waals surface area contributed by atoms with Gasteiger partial charge in [0.25, 0.3) is 0 Å². The number of nitrogens with one attached hydrogen (secondary N) is 1. The van der Waals surface area contributed by atoms with Gasteiger partial charge in [-0.05, 0) is 24.3 Å². The first kappa shape index (κ1) is 12.7. The average Bonchev–Trinajstić information content (AvgIpc) is 3.18. The number of hydrogen-bond donors (Lipinski definition) is 1. The summed E-state index contributed by atoms with van der Waals surface area (Å²) in [5, 5.41) is 5.23. The Morgan fingerprint density at radius 2 is 2.25 bits per heavy atom. The first-order valence-corrected chi connectivity index (χ1v) is 7.06. The van der Waals surface area contributed by atoms with Crippen molar-refractivity contribution in [3.8, 4) is 0 Å². The van der Waals surface area contributed by atoms with Crippen molar-refractivity contribution in [2.24, 2.45) is 0 Å². The van der Waals surface area contributed by atoms with Gasteiger partial charge in [-0.1, -0.05) is 0 Å². The maximum Gasteiger partial charge on any atom is 0.228 e. The molecule has 3 aromatic heterocycles. The molecule has 1 atom stereocenters. The quantitative estimate of drug-likeness (QED) is 0.784. The lowest BCUT2D eigenvalue weighted by Crippen LogP contribution is -2.19. The first-order valence-electron chi connectivity index (χ1n) is 6.18. The van der Waals surface area contributed by atoms with Crippen molar-refractivity contribution in [3.63, 3.8) is 0 Å². The third kappa shape index (κ3) is 2.80. The van der Waals surface area contributed by atoms with Gasteiger partial charge in [0.1, 0.15) is 5.76 Å². The summed E-state index contributed by atoms with van der Waals surface area (Å²) in [6, 6.07) is 7.40. The highest BCUT2D eigenvalue weighted by molar-refractivity contribution is 7.13. The Bertz CT molecular complexity index is 610. The summed E-state index contributed by atoms with van der Waals surface area (Å²) in [5.41, 5.74) is 0. The lowest BCUT2D eigenvalue weighted by atomic mass is 10.1. The van der Waals surface area contributed by atoms with E-state index in [9.17, 15) is 4.79 Å². The summed E-state index contributed by atoms with van der Waals surface area (Å²) in [6.07, 6.45) is 7.41. The molecule has 0 saturated carbocycles. The van der Waals surface area contributed by atoms with E-state index >= 15 is 0 Å². The molecule has 20 heavy (non-hydrogen) atoms. The van der Waals surface area contributed by atoms with E-state index in [0.717, 1.165) is 5.76 Å². The summed E-state index contributed by atoms with van der Waals surface area (Å²) in [5.74, 6) is 0.672. The summed E-state index contributed by atoms with van der Waals surface area (Å²) < 4.78 is 7.40. The van der Waals surface area contributed by atoms with E-state index < -0.39 is 0 Å². The minimum atomic E-state index is -0.153. The van der Waals surface area contributed by atoms with Crippen LogP contribution in [-0.4, -0.2) is 15.5 Å². The van der Waals surface area contributed by atoms with Gasteiger partial charge >= 0.3 is 0 Å². The van der Waals surface area contributed by atoms with E-state index in [1.54, 1.807) is 12.5 Å². The Morgan fingerprint density at radius 3 is 2.90 bits per heavy atom. The molecule has 3 heterocycles. The maximum absolute atomic E-state index is 12.1. The molecule has 3 aromatic rings. The van der Waals surface area contributed by atoms with Crippen molar-refractivity contribution in [1.82, 2.24) is 9.55 Å². The number of carbonyl (C=O) groups is 1. The molecule has 0 aromatic carbocycles. The van der Waals surface area contributed by atoms with Gasteiger partial charge in [-0.3, -0.25) is 4.79 Å². The van der Waals surface area contributed by atoms with Gasteiger partial charge in [-0.15, -0.1) is 11.3 Å². The fourth-order valence-electron chi connectivity index (χ4n) is 2.02. The van der Waals surface area contributed by atoms with Crippen LogP contribution >= 0.6 is 11.3 Å². The van der Waals surface area contributed by atoms with Crippen LogP contribution in [0.2, 0.25) is 0 Å². The Balaban J connectivity index is 1.75. The van der Waals surface area contributed by atoms with Gasteiger partial charge in [-0.25, -0.2) is 4.98 Å². The highest BCUT2D eigenvalue weighted by Crippen LogP contribution is 2.23. The van der Waals surface area contributed by atoms with Gasteiger partial charge in [-0.2, -0.15) is 0 Å². The van der Waals surface area contributed by atoms with Crippen LogP contribution < -0.4 is 5.32 Å². The van der Waals surface area contributed by atoms with Crippen molar-refractivity contribution in [2.75, 3.05) is 5.32 Å². The van der Waals surface area contributed by atoms with Crippen LogP contribution in [0.3, 0.4) is 0 Å². The molecule has 0 unspecified atom stereocenters. The number of carbonyl (C=O) groups excluding carboxylic acids is 1. The zero-order valence-corrected chi connectivity index (χ0v) is 11.4. The minimum absolute atomic E-state index is 0.0879. The predicted molar refractivity (Wildman–Crippen MR) is 76.6 cm³/mol. The molecule has 6 heteroatoms. The summed E-state index contributed by atoms with van der Waals surface area (Å²) >= 11 is 1.40. The van der Waals surface area contributed by atoms with Crippen LogP contribution in [0.5, 0.6) is 0 Å². The van der Waals surface area contributed by atoms with Crippen molar-refractivity contribution in [2.45, 2.75) is 12.5 Å². The number of nitrogens with zero attached hydrogens (tertiary/aromatic N) is 2. The van der Waals surface area contributed by atoms with E-state index in [2.05, 4.69) is 10.3 Å². The van der Waals surface area contributed by atoms with Crippen molar-refractivity contribution < 1.29 is 9.21 Å². The Morgan fingerprint density at radius 1 is 1.40 bits per heavy atom. The topological polar surface area (TPSA) is 60.1 Å². The smallest absolute Gasteiger partial charge is 0.228 e. The second kappa shape index (κ2) is 5.75. The molecule has 0 saturated heterocycles. The van der Waals surface area contributed by atoms with Crippen LogP contribution in [0.4, 0.5) is 5.13 Å². The molecule has 0 fully saturated rings. The molecular formula is C14H13N3O2S. The SMILES string of the molecule is O=C(C[C@@H](c1ccco1)n1cccc1)Nc1nccs1. The Labute approximate surface area is 119 Å². The van der Waals surface area contributed by atoms with Crippen molar-refractivity contribution in [3.05, 3.63) is 60.3 Å². The first-order chi connectivity index (χ1) is 9.83. The lowest BCUT2D eigenvalue weighted by Gasteiger charge is -2.16. The second-order valence-corrected chi connectivity index (χ2v) is 5.15. The molecule has 0 aliphatic heterocycles. The fraction of sp³-hybridized carbons (Fsp3) is 0.143. The number of amides is 1. The molecule has 1 N–H and O–H groups in total. The second-order valence-electron chi connectivity index (χ2n) is 4.25. The highest BCUT2D eigenvalue weighted by Gasteiger charge is 2.20. The van der Waals surface area contributed by atoms with Crippen LogP contribution in [0.15, 0.2) is 58.9 Å². The minimum Gasteiger partial charge on any atom is -0.467 e. The molecular weight excluding hydrogens is 274 g/mol. The number of hydrogen-bond acceptors (Lipinski definition) is 4. The van der Waals surface area contributed by atoms with Crippen molar-refractivity contribution >= 4 is 22.4 Å². The molecule has 1 amide bonds. The molecule has 0 spiro atoms. The third-order valence-corrected chi connectivity index (χ3v) is 3.60. The van der Waals surface area contributed by atoms with Crippen LogP contribution in [0.25, 0.3) is 0 Å². The molecule has 102 valence electrons. The predicted octanol–water partition coefficient (Wildman–Crippen LogP) is 3.16. The lowest BCUT2D eigenvalue weighted by molar-refractivity contribution is -0.116. The third-order valence-electron chi connectivity index (χ3n) is 2.92. The highest BCUT2D eigenvalue weighted by atomic mass is 32.1. The summed E-state index contributed by atoms with van der Waals surface area (Å²) in [4.78, 5) is 16.2. The largest absolute Gasteiger partial charge is 0.467 e. The Kier molecular flexibility index (Phi) is 3.64. The van der Waals surface area contributed by atoms with Gasteiger partial charge in [0.15, 0.2) is 5.13 Å². The van der Waals surface area contributed by atoms with E-state index in [1.165, 1.54) is 11.3 Å². The van der Waals surface area contributed by atoms with Crippen molar-refractivity contribution in [1.29, 1.82) is 0 Å². The van der Waals surface area contributed by atoms with Gasteiger partial charge < -0.3 is 14.3 Å². The number of rotatable bonds is 5. The van der Waals surface area contributed by atoms with Gasteiger partial charge in [0.05, 0.1) is 18.7 Å². The van der Waals surface area contributed by atoms with Gasteiger partial charge in [0, 0.05) is 24.0 Å². The summed E-state index contributed by atoms with van der Waals surface area (Å²) in [7, 11) is 0. The van der Waals surface area contributed by atoms with Gasteiger partial charge in [0.2, 0.25) is 5.91 Å². The zero-order chi connectivity index (χ0) is 13.8. The van der Waals surface area contributed by atoms with E-state index in [1.807, 2.05) is 46.6 Å². The zero-order valence-electron chi connectivity index (χ0n) is 10.6. The molecule has 3 rings (SSSR count). The number of aromatic nitrogens is 2. The van der Waals surface area contributed by atoms with E-state index in [-0.39, 0.29) is 11.9 Å². The summed E-state index contributed by atoms with van der Waals surface area (Å²) in [6.45, 7) is 0. The maximum atomic E-state index is 12.1. The van der Waals surface area contributed by atoms with Crippen LogP contribution in [0.1, 0.15) is 18.2 Å². The number of anilines is 1. The van der Waals surface area contributed by atoms with E-state index in [0.29, 0.717) is 11.6 Å². The fourth-order valence-corrected chi connectivity index (χ4v) is 2.57. The van der Waals surface area contributed by atoms with E-state index in [4.69, 9.17) is 4.42 Å². The number of furan rings is 1. The molecule has 5 nitrogen and oxygen atoms in total. The average molecular weight is 287 g/mol. The monoisotopic (exact) mass is 287 g/mol. The van der Waals surface area contributed by atoms with Crippen LogP contribution in [-0.2, 0) is 4.79 Å². The molecule has 0 aliphatic rings. The molecule has 0 aliphatic carbocycles. The molecule has 0 radical (unpaired) electrons. The molecule has 0 bridgehead atoms. The standard InChI is InChI=1S/C14H13N3O2S/c18-13(16-14-15-5-9-20-14)10-11(12-4-3-8-19-12)17-6-1-2-7-17/h1-9,11H,10H2,(H,15,16,18)/t11-/m0/s1.